The third kappa shape index (κ3) is 5.11. The molecule has 2 aromatic carbocycles. The van der Waals surface area contributed by atoms with Crippen molar-refractivity contribution >= 4 is 16.8 Å². The molecule has 2 heterocycles. The van der Waals surface area contributed by atoms with Crippen LogP contribution in [0.4, 0.5) is 0 Å². The van der Waals surface area contributed by atoms with Crippen LogP contribution in [0.2, 0.25) is 0 Å². The quantitative estimate of drug-likeness (QED) is 0.441. The number of methoxy groups -OCH3 is 1. The molecule has 2 aromatic heterocycles. The van der Waals surface area contributed by atoms with Gasteiger partial charge >= 0.3 is 0 Å². The van der Waals surface area contributed by atoms with Gasteiger partial charge in [0.05, 0.1) is 12.7 Å². The Hall–Kier alpha value is -3.94. The predicted octanol–water partition coefficient (Wildman–Crippen LogP) is 3.88. The van der Waals surface area contributed by atoms with Crippen LogP contribution in [0.1, 0.15) is 30.4 Å². The lowest BCUT2D eigenvalue weighted by atomic mass is 10.1. The molecule has 0 aliphatic rings. The number of rotatable bonds is 8. The topological polar surface area (TPSA) is 101 Å². The Bertz CT molecular complexity index is 1320. The number of aromatic nitrogens is 3. The molecular formula is C25H26N4O4. The standard InChI is InChI=1S/C25H26N4O4/c1-4-29(15-17-6-9-19(32-3)10-7-17)23(30)12-11-22-27-24(28-33-22)20-14-18-8-5-16(2)13-21(18)26-25(20)31/h5-10,13-14H,4,11-12,15H2,1-3H3,(H,26,31). The van der Waals surface area contributed by atoms with Crippen LogP contribution in [0, 0.1) is 6.92 Å². The molecule has 0 spiro atoms. The maximum absolute atomic E-state index is 12.7. The molecule has 8 nitrogen and oxygen atoms in total. The molecule has 0 unspecified atom stereocenters. The first-order valence-corrected chi connectivity index (χ1v) is 10.8. The van der Waals surface area contributed by atoms with Crippen molar-refractivity contribution in [2.45, 2.75) is 33.2 Å². The molecule has 0 saturated carbocycles. The van der Waals surface area contributed by atoms with Gasteiger partial charge in [-0.1, -0.05) is 29.4 Å². The van der Waals surface area contributed by atoms with Crippen molar-refractivity contribution in [1.29, 1.82) is 0 Å². The summed E-state index contributed by atoms with van der Waals surface area (Å²) < 4.78 is 10.5. The van der Waals surface area contributed by atoms with E-state index in [0.717, 1.165) is 27.8 Å². The Balaban J connectivity index is 1.42. The van der Waals surface area contributed by atoms with E-state index in [1.54, 1.807) is 18.1 Å². The van der Waals surface area contributed by atoms with Crippen molar-refractivity contribution in [1.82, 2.24) is 20.0 Å². The van der Waals surface area contributed by atoms with Gasteiger partial charge in [0, 0.05) is 31.4 Å². The average Bonchev–Trinajstić information content (AvgIpc) is 3.29. The summed E-state index contributed by atoms with van der Waals surface area (Å²) in [5, 5.41) is 4.84. The number of pyridine rings is 1. The molecular weight excluding hydrogens is 420 g/mol. The van der Waals surface area contributed by atoms with E-state index in [9.17, 15) is 9.59 Å². The van der Waals surface area contributed by atoms with E-state index in [0.29, 0.717) is 31.0 Å². The molecule has 0 aliphatic carbocycles. The highest BCUT2D eigenvalue weighted by atomic mass is 16.5. The van der Waals surface area contributed by atoms with Gasteiger partial charge in [0.25, 0.3) is 5.56 Å². The van der Waals surface area contributed by atoms with E-state index in [2.05, 4.69) is 15.1 Å². The number of nitrogens with one attached hydrogen (secondary N) is 1. The molecule has 0 atom stereocenters. The van der Waals surface area contributed by atoms with Gasteiger partial charge < -0.3 is 19.1 Å². The normalized spacial score (nSPS) is 11.0. The summed E-state index contributed by atoms with van der Waals surface area (Å²) in [7, 11) is 1.62. The molecule has 33 heavy (non-hydrogen) atoms. The Labute approximate surface area is 191 Å². The molecule has 8 heteroatoms. The van der Waals surface area contributed by atoms with Crippen molar-refractivity contribution < 1.29 is 14.1 Å². The number of aromatic amines is 1. The molecule has 0 bridgehead atoms. The van der Waals surface area contributed by atoms with Crippen molar-refractivity contribution in [2.24, 2.45) is 0 Å². The largest absolute Gasteiger partial charge is 0.497 e. The van der Waals surface area contributed by atoms with Gasteiger partial charge in [-0.3, -0.25) is 9.59 Å². The minimum atomic E-state index is -0.284. The van der Waals surface area contributed by atoms with Crippen LogP contribution in [0.3, 0.4) is 0 Å². The van der Waals surface area contributed by atoms with Crippen molar-refractivity contribution in [3.63, 3.8) is 0 Å². The fourth-order valence-electron chi connectivity index (χ4n) is 3.65. The van der Waals surface area contributed by atoms with Crippen LogP contribution < -0.4 is 10.3 Å². The molecule has 0 radical (unpaired) electrons. The Morgan fingerprint density at radius 3 is 2.67 bits per heavy atom. The second kappa shape index (κ2) is 9.68. The highest BCUT2D eigenvalue weighted by molar-refractivity contribution is 5.82. The number of H-pyrrole nitrogens is 1. The summed E-state index contributed by atoms with van der Waals surface area (Å²) in [4.78, 5) is 34.2. The number of ether oxygens (including phenoxy) is 1. The zero-order chi connectivity index (χ0) is 23.4. The fourth-order valence-corrected chi connectivity index (χ4v) is 3.65. The average molecular weight is 447 g/mol. The minimum absolute atomic E-state index is 0.00742. The van der Waals surface area contributed by atoms with Crippen molar-refractivity contribution in [3.05, 3.63) is 75.9 Å². The first kappa shape index (κ1) is 22.3. The van der Waals surface area contributed by atoms with Crippen LogP contribution in [0.15, 0.2) is 57.8 Å². The summed E-state index contributed by atoms with van der Waals surface area (Å²) in [6.45, 7) is 5.01. The Morgan fingerprint density at radius 1 is 1.15 bits per heavy atom. The fraction of sp³-hybridized carbons (Fsp3) is 0.280. The monoisotopic (exact) mass is 446 g/mol. The lowest BCUT2D eigenvalue weighted by Gasteiger charge is -2.21. The van der Waals surface area contributed by atoms with Crippen molar-refractivity contribution in [2.75, 3.05) is 13.7 Å². The Kier molecular flexibility index (Phi) is 6.53. The number of amides is 1. The smallest absolute Gasteiger partial charge is 0.259 e. The van der Waals surface area contributed by atoms with Crippen LogP contribution >= 0.6 is 0 Å². The molecule has 1 N–H and O–H groups in total. The first-order valence-electron chi connectivity index (χ1n) is 10.8. The first-order chi connectivity index (χ1) is 16.0. The number of nitrogens with zero attached hydrogens (tertiary/aromatic N) is 3. The summed E-state index contributed by atoms with van der Waals surface area (Å²) in [6, 6.07) is 15.2. The van der Waals surface area contributed by atoms with Gasteiger partial charge in [0.1, 0.15) is 5.75 Å². The molecule has 1 amide bonds. The van der Waals surface area contributed by atoms with Gasteiger partial charge in [-0.2, -0.15) is 4.98 Å². The Morgan fingerprint density at radius 2 is 1.94 bits per heavy atom. The molecule has 4 aromatic rings. The maximum atomic E-state index is 12.7. The molecule has 0 saturated heterocycles. The second-order valence-corrected chi connectivity index (χ2v) is 7.87. The highest BCUT2D eigenvalue weighted by Crippen LogP contribution is 2.19. The van der Waals surface area contributed by atoms with Gasteiger partial charge in [0.15, 0.2) is 0 Å². The number of hydrogen-bond donors (Lipinski definition) is 1. The number of hydrogen-bond acceptors (Lipinski definition) is 6. The predicted molar refractivity (Wildman–Crippen MR) is 125 cm³/mol. The lowest BCUT2D eigenvalue weighted by Crippen LogP contribution is -2.30. The summed E-state index contributed by atoms with van der Waals surface area (Å²) in [6.07, 6.45) is 0.536. The maximum Gasteiger partial charge on any atom is 0.259 e. The van der Waals surface area contributed by atoms with E-state index < -0.39 is 0 Å². The van der Waals surface area contributed by atoms with Crippen molar-refractivity contribution in [3.8, 4) is 17.1 Å². The SMILES string of the molecule is CCN(Cc1ccc(OC)cc1)C(=O)CCc1nc(-c2cc3ccc(C)cc3[nH]c2=O)no1. The zero-order valence-corrected chi connectivity index (χ0v) is 18.9. The third-order valence-electron chi connectivity index (χ3n) is 5.53. The minimum Gasteiger partial charge on any atom is -0.497 e. The molecule has 0 aliphatic heterocycles. The number of fused-ring (bicyclic) bond motifs is 1. The summed E-state index contributed by atoms with van der Waals surface area (Å²) in [5.74, 6) is 1.31. The van der Waals surface area contributed by atoms with Crippen LogP contribution in [-0.4, -0.2) is 39.6 Å². The summed E-state index contributed by atoms with van der Waals surface area (Å²) >= 11 is 0. The number of carbonyl (C=O) groups is 1. The van der Waals surface area contributed by atoms with Gasteiger partial charge in [-0.25, -0.2) is 0 Å². The van der Waals surface area contributed by atoms with Gasteiger partial charge in [-0.05, 0) is 54.6 Å². The highest BCUT2D eigenvalue weighted by Gasteiger charge is 2.17. The molecule has 4 rings (SSSR count). The van der Waals surface area contributed by atoms with E-state index in [-0.39, 0.29) is 23.7 Å². The van der Waals surface area contributed by atoms with E-state index in [1.165, 1.54) is 0 Å². The van der Waals surface area contributed by atoms with Crippen LogP contribution in [0.25, 0.3) is 22.3 Å². The lowest BCUT2D eigenvalue weighted by molar-refractivity contribution is -0.131. The second-order valence-electron chi connectivity index (χ2n) is 7.87. The zero-order valence-electron chi connectivity index (χ0n) is 18.9. The third-order valence-corrected chi connectivity index (χ3v) is 5.53. The number of carbonyl (C=O) groups excluding carboxylic acids is 1. The van der Waals surface area contributed by atoms with E-state index >= 15 is 0 Å². The van der Waals surface area contributed by atoms with Gasteiger partial charge in [-0.15, -0.1) is 0 Å². The van der Waals surface area contributed by atoms with Crippen LogP contribution in [0.5, 0.6) is 5.75 Å². The van der Waals surface area contributed by atoms with E-state index in [4.69, 9.17) is 9.26 Å². The molecule has 170 valence electrons. The van der Waals surface area contributed by atoms with E-state index in [1.807, 2.05) is 56.3 Å². The van der Waals surface area contributed by atoms with Crippen LogP contribution in [-0.2, 0) is 17.8 Å². The van der Waals surface area contributed by atoms with Gasteiger partial charge in [0.2, 0.25) is 17.6 Å². The molecule has 0 fully saturated rings. The number of benzene rings is 2. The number of aryl methyl sites for hydroxylation is 2. The summed E-state index contributed by atoms with van der Waals surface area (Å²) in [5.41, 5.74) is 2.90.